The van der Waals surface area contributed by atoms with Crippen molar-refractivity contribution in [1.82, 2.24) is 4.98 Å². The van der Waals surface area contributed by atoms with E-state index in [2.05, 4.69) is 10.3 Å². The lowest BCUT2D eigenvalue weighted by Crippen LogP contribution is -2.70. The Morgan fingerprint density at radius 1 is 1.02 bits per heavy atom. The molecule has 8 atom stereocenters. The highest BCUT2D eigenvalue weighted by Gasteiger charge is 2.75. The molecule has 6 N–H and O–H groups in total. The number of allylic oxidation sites excluding steroid dienone is 4. The molecule has 3 fully saturated rings. The summed E-state index contributed by atoms with van der Waals surface area (Å²) in [5, 5.41) is 25.2. The fourth-order valence-corrected chi connectivity index (χ4v) is 10.7. The van der Waals surface area contributed by atoms with Crippen LogP contribution in [0.25, 0.3) is 10.8 Å². The number of carbonyl (C=O) groups is 5. The predicted octanol–water partition coefficient (Wildman–Crippen LogP) is 5.44. The Morgan fingerprint density at radius 2 is 1.74 bits per heavy atom. The number of Topliss-reactive ketones (excluding diaryl/α,β-unsaturated/α-hetero) is 1. The lowest BCUT2D eigenvalue weighted by atomic mass is 9.44. The quantitative estimate of drug-likeness (QED) is 0.106. The molecule has 3 aromatic rings. The smallest absolute Gasteiger partial charge is 0.306 e. The maximum atomic E-state index is 17.7. The number of nitrogens with one attached hydrogen (secondary N) is 1. The lowest BCUT2D eigenvalue weighted by molar-refractivity contribution is -0.286. The maximum absolute atomic E-state index is 17.7. The van der Waals surface area contributed by atoms with Crippen molar-refractivity contribution in [3.8, 4) is 0 Å². The molecule has 4 aliphatic carbocycles. The normalized spacial score (nSPS) is 29.7. The minimum absolute atomic E-state index is 0.0693. The molecule has 14 heteroatoms. The molecule has 13 nitrogen and oxygen atoms in total. The fourth-order valence-electron chi connectivity index (χ4n) is 10.7. The van der Waals surface area contributed by atoms with Gasteiger partial charge < -0.3 is 30.7 Å². The molecule has 0 spiro atoms. The highest BCUT2D eigenvalue weighted by molar-refractivity contribution is 6.01. The molecule has 2 aromatic carbocycles. The maximum Gasteiger partial charge on any atom is 0.306 e. The van der Waals surface area contributed by atoms with Crippen LogP contribution >= 0.6 is 0 Å². The number of benzene rings is 2. The largest absolute Gasteiger partial charge is 0.461 e. The van der Waals surface area contributed by atoms with Gasteiger partial charge in [-0.1, -0.05) is 48.9 Å². The van der Waals surface area contributed by atoms with Crippen LogP contribution in [0, 0.1) is 22.7 Å². The lowest BCUT2D eigenvalue weighted by Gasteiger charge is -2.63. The van der Waals surface area contributed by atoms with Gasteiger partial charge in [0.2, 0.25) is 11.7 Å². The molecular weight excluding hydrogens is 786 g/mol. The number of rotatable bonds is 14. The Balaban J connectivity index is 0.925. The molecule has 1 unspecified atom stereocenters. The van der Waals surface area contributed by atoms with Crippen molar-refractivity contribution in [2.75, 3.05) is 18.5 Å². The Morgan fingerprint density at radius 3 is 2.44 bits per heavy atom. The molecule has 7 rings (SSSR count). The third-order valence-electron chi connectivity index (χ3n) is 13.8. The summed E-state index contributed by atoms with van der Waals surface area (Å²) in [5.41, 5.74) is 2.50. The van der Waals surface area contributed by atoms with E-state index < -0.39 is 76.1 Å². The van der Waals surface area contributed by atoms with E-state index in [1.807, 2.05) is 18.2 Å². The molecule has 61 heavy (non-hydrogen) atoms. The zero-order valence-electron chi connectivity index (χ0n) is 35.0. The number of aliphatic hydroxyl groups is 1. The average Bonchev–Trinajstić information content (AvgIpc) is 3.50. The number of aromatic nitrogens is 1. The number of hydrogen-bond acceptors (Lipinski definition) is 11. The van der Waals surface area contributed by atoms with Crippen LogP contribution < -0.4 is 11.1 Å². The summed E-state index contributed by atoms with van der Waals surface area (Å²) < 4.78 is 34.8. The van der Waals surface area contributed by atoms with Gasteiger partial charge in [0.25, 0.3) is 5.79 Å². The first-order chi connectivity index (χ1) is 28.8. The third-order valence-corrected chi connectivity index (χ3v) is 13.8. The number of amides is 1. The molecule has 3 saturated carbocycles. The molecule has 0 bridgehead atoms. The number of hydrogen-bond donors (Lipinski definition) is 3. The Labute approximate surface area is 353 Å². The number of ether oxygens (including phenoxy) is 3. The summed E-state index contributed by atoms with van der Waals surface area (Å²) in [5.74, 6) is -5.83. The Kier molecular flexibility index (Phi) is 12.0. The van der Waals surface area contributed by atoms with Crippen LogP contribution in [0.1, 0.15) is 89.7 Å². The number of halogens is 1. The summed E-state index contributed by atoms with van der Waals surface area (Å²) in [6.07, 6.45) is 6.82. The van der Waals surface area contributed by atoms with Crippen molar-refractivity contribution >= 4 is 45.9 Å². The van der Waals surface area contributed by atoms with Gasteiger partial charge in [0.15, 0.2) is 18.1 Å². The molecule has 1 heterocycles. The highest BCUT2D eigenvalue weighted by Crippen LogP contribution is 2.70. The van der Waals surface area contributed by atoms with Crippen molar-refractivity contribution in [3.05, 3.63) is 95.9 Å². The summed E-state index contributed by atoms with van der Waals surface area (Å²) in [6, 6.07) is 14.3. The highest BCUT2D eigenvalue weighted by atomic mass is 19.1. The van der Waals surface area contributed by atoms with Gasteiger partial charge in [0.1, 0.15) is 12.2 Å². The van der Waals surface area contributed by atoms with Gasteiger partial charge in [-0.15, -0.1) is 0 Å². The number of esters is 2. The van der Waals surface area contributed by atoms with E-state index in [0.717, 1.165) is 10.8 Å². The number of ketones is 2. The van der Waals surface area contributed by atoms with Crippen molar-refractivity contribution in [3.63, 3.8) is 0 Å². The molecule has 1 aromatic heterocycles. The number of fused-ring (bicyclic) bond motifs is 6. The van der Waals surface area contributed by atoms with Crippen LogP contribution in [0.5, 0.6) is 0 Å². The van der Waals surface area contributed by atoms with E-state index >= 15 is 4.39 Å². The van der Waals surface area contributed by atoms with Gasteiger partial charge in [0.05, 0.1) is 24.9 Å². The summed E-state index contributed by atoms with van der Waals surface area (Å²) >= 11 is 0. The van der Waals surface area contributed by atoms with Gasteiger partial charge in [-0.05, 0) is 91.8 Å². The number of carbonyl (C=O) groups excluding carboxylic acids is 5. The Bertz CT molecular complexity index is 2290. The fraction of sp³-hybridized carbons (Fsp3) is 0.489. The van der Waals surface area contributed by atoms with Crippen molar-refractivity contribution in [2.24, 2.45) is 28.4 Å². The van der Waals surface area contributed by atoms with Crippen LogP contribution in [0.3, 0.4) is 0 Å². The van der Waals surface area contributed by atoms with Crippen molar-refractivity contribution in [1.29, 1.82) is 0 Å². The van der Waals surface area contributed by atoms with E-state index in [9.17, 15) is 29.1 Å². The average molecular weight is 841 g/mol. The molecule has 324 valence electrons. The molecular formula is C47H55FN3O10+. The van der Waals surface area contributed by atoms with Crippen LogP contribution in [0.4, 0.5) is 10.1 Å². The zero-order valence-corrected chi connectivity index (χ0v) is 35.0. The second-order valence-electron chi connectivity index (χ2n) is 17.9. The molecule has 0 radical (unpaired) electrons. The topological polar surface area (TPSA) is 207 Å². The van der Waals surface area contributed by atoms with Crippen LogP contribution in [0.2, 0.25) is 0 Å². The first kappa shape index (κ1) is 43.9. The zero-order chi connectivity index (χ0) is 44.0. The summed E-state index contributed by atoms with van der Waals surface area (Å²) in [6.45, 7) is 5.80. The Hall–Kier alpha value is -5.15. The van der Waals surface area contributed by atoms with Gasteiger partial charge in [-0.2, -0.15) is 0 Å². The van der Waals surface area contributed by atoms with E-state index in [1.165, 1.54) is 26.0 Å². The molecule has 4 aliphatic rings. The second kappa shape index (κ2) is 16.6. The minimum atomic E-state index is -2.11. The van der Waals surface area contributed by atoms with Gasteiger partial charge >= 0.3 is 11.9 Å². The van der Waals surface area contributed by atoms with Gasteiger partial charge in [0, 0.05) is 60.6 Å². The summed E-state index contributed by atoms with van der Waals surface area (Å²) in [4.78, 5) is 69.3. The van der Waals surface area contributed by atoms with E-state index in [4.69, 9.17) is 25.1 Å². The number of anilines is 1. The van der Waals surface area contributed by atoms with Gasteiger partial charge in [-0.3, -0.25) is 33.7 Å². The minimum Gasteiger partial charge on any atom is -0.461 e. The number of pyridine rings is 1. The molecule has 0 saturated heterocycles. The number of aliphatic hydroxyl groups excluding tert-OH is 1. The third kappa shape index (κ3) is 8.06. The second-order valence-corrected chi connectivity index (χ2v) is 17.9. The first-order valence-corrected chi connectivity index (χ1v) is 20.9. The van der Waals surface area contributed by atoms with E-state index in [0.29, 0.717) is 41.6 Å². The standard InChI is InChI=1S/C47H54FN3O10/c1-43(2,58)61-46(19-16-36-37-12-10-32-22-34(52)15-18-44(32,3)47(37,48)38(53)23-45(36,46)4)39(54)27-60-41(56)14-13-40(55)59-26-28-5-7-29(8-6-28)35(24-49)42(57)51-33-11-9-31-25-50-20-17-30(31)21-33/h5-9,11,15,17-18,20-22,25,35-38,53,58H,10,12-14,16,19,23-24,26-27,49H2,1-4H3,(H,51,57)/p+1/t35-,36+,37?,38+,44+,45+,46+,47+/m1/s1. The van der Waals surface area contributed by atoms with Crippen LogP contribution in [-0.2, 0) is 44.8 Å². The summed E-state index contributed by atoms with van der Waals surface area (Å²) in [7, 11) is 0. The number of nitrogens with zero attached hydrogens (tertiary/aromatic N) is 1. The molecule has 0 aliphatic heterocycles. The van der Waals surface area contributed by atoms with Crippen LogP contribution in [-0.4, -0.2) is 80.9 Å². The number of nitrogens with two attached hydrogens (primary N) is 1. The van der Waals surface area contributed by atoms with Gasteiger partial charge in [-0.25, -0.2) is 4.39 Å². The first-order valence-electron chi connectivity index (χ1n) is 20.9. The monoisotopic (exact) mass is 840 g/mol. The van der Waals surface area contributed by atoms with Crippen LogP contribution in [0.15, 0.2) is 84.7 Å². The van der Waals surface area contributed by atoms with E-state index in [1.54, 1.807) is 62.6 Å². The van der Waals surface area contributed by atoms with E-state index in [-0.39, 0.29) is 50.5 Å². The van der Waals surface area contributed by atoms with Crippen molar-refractivity contribution in [2.45, 2.75) is 108 Å². The predicted molar refractivity (Wildman–Crippen MR) is 223 cm³/mol. The number of alkyl halides is 1. The SMILES string of the molecule is CC(C)([OH2+])O[C@]1(C(=O)COC(=O)CCC(=O)OCc2ccc([C@@H](CN)C(=O)Nc3ccc4cnccc4c3)cc2)CC[C@H]2C3CCC4=CC(=O)C=C[C@]4(C)[C@@]3(F)[C@@H](O)C[C@@]21C. The van der Waals surface area contributed by atoms with Crippen molar-refractivity contribution < 1.29 is 52.8 Å². The molecule has 1 amide bonds.